The maximum absolute atomic E-state index is 12.9. The van der Waals surface area contributed by atoms with E-state index in [-0.39, 0.29) is 23.6 Å². The van der Waals surface area contributed by atoms with E-state index < -0.39 is 27.9 Å². The first-order chi connectivity index (χ1) is 14.2. The molecule has 10 heteroatoms. The average molecular weight is 431 g/mol. The number of sulfonamides is 1. The molecule has 2 aromatic rings. The van der Waals surface area contributed by atoms with Gasteiger partial charge in [-0.3, -0.25) is 4.79 Å². The van der Waals surface area contributed by atoms with Gasteiger partial charge in [0.05, 0.1) is 12.0 Å². The number of amides is 1. The quantitative estimate of drug-likeness (QED) is 0.318. The molecule has 1 amide bonds. The lowest BCUT2D eigenvalue weighted by molar-refractivity contribution is -0.149. The van der Waals surface area contributed by atoms with Crippen molar-refractivity contribution in [2.24, 2.45) is 10.9 Å². The topological polar surface area (TPSA) is 128 Å². The molecular formula is C20H21N3O6S. The van der Waals surface area contributed by atoms with Gasteiger partial charge in [0.15, 0.2) is 5.84 Å². The number of hydrogen-bond acceptors (Lipinski definition) is 7. The number of oxime groups is 1. The smallest absolute Gasteiger partial charge is 0.358 e. The van der Waals surface area contributed by atoms with Crippen molar-refractivity contribution in [1.29, 1.82) is 0 Å². The first kappa shape index (κ1) is 21.3. The van der Waals surface area contributed by atoms with Crippen molar-refractivity contribution in [3.63, 3.8) is 0 Å². The molecule has 0 spiro atoms. The second-order valence-corrected chi connectivity index (χ2v) is 8.49. The summed E-state index contributed by atoms with van der Waals surface area (Å²) in [5, 5.41) is 3.59. The van der Waals surface area contributed by atoms with Crippen molar-refractivity contribution in [3.05, 3.63) is 59.7 Å². The minimum atomic E-state index is -4.21. The molecule has 0 aromatic heterocycles. The molecule has 0 unspecified atom stereocenters. The van der Waals surface area contributed by atoms with E-state index in [1.807, 2.05) is 6.92 Å². The van der Waals surface area contributed by atoms with Gasteiger partial charge in [0.25, 0.3) is 10.0 Å². The highest BCUT2D eigenvalue weighted by molar-refractivity contribution is 7.89. The van der Waals surface area contributed by atoms with Crippen molar-refractivity contribution < 1.29 is 27.6 Å². The van der Waals surface area contributed by atoms with Gasteiger partial charge in [-0.05, 0) is 49.7 Å². The standard InChI is InChI=1S/C20H21N3O6S/c1-13-3-9-16(10-4-13)30(26,27)23-17(11-12-18(23)24)20(25)29-22-19(21)14-5-7-15(28-2)8-6-14/h3-10,17H,11-12H2,1-2H3,(H2,21,22)/t17-/m1/s1. The first-order valence-corrected chi connectivity index (χ1v) is 10.5. The number of nitrogens with zero attached hydrogens (tertiary/aromatic N) is 2. The summed E-state index contributed by atoms with van der Waals surface area (Å²) in [4.78, 5) is 29.5. The minimum Gasteiger partial charge on any atom is -0.497 e. The molecule has 1 heterocycles. The normalized spacial score (nSPS) is 17.1. The number of methoxy groups -OCH3 is 1. The number of rotatable bonds is 6. The van der Waals surface area contributed by atoms with Crippen LogP contribution in [0.25, 0.3) is 0 Å². The molecule has 9 nitrogen and oxygen atoms in total. The number of benzene rings is 2. The van der Waals surface area contributed by atoms with Crippen LogP contribution in [-0.4, -0.2) is 43.6 Å². The van der Waals surface area contributed by atoms with Crippen LogP contribution in [0.3, 0.4) is 0 Å². The van der Waals surface area contributed by atoms with Crippen molar-refractivity contribution in [3.8, 4) is 5.75 Å². The van der Waals surface area contributed by atoms with E-state index in [0.717, 1.165) is 5.56 Å². The number of ether oxygens (including phenoxy) is 1. The van der Waals surface area contributed by atoms with E-state index in [4.69, 9.17) is 15.3 Å². The van der Waals surface area contributed by atoms with Crippen molar-refractivity contribution in [1.82, 2.24) is 4.31 Å². The molecule has 1 atom stereocenters. The lowest BCUT2D eigenvalue weighted by atomic mass is 10.2. The molecule has 1 aliphatic heterocycles. The predicted molar refractivity (Wildman–Crippen MR) is 108 cm³/mol. The van der Waals surface area contributed by atoms with Crippen molar-refractivity contribution in [2.45, 2.75) is 30.7 Å². The van der Waals surface area contributed by atoms with Gasteiger partial charge in [-0.25, -0.2) is 17.5 Å². The number of nitrogens with two attached hydrogens (primary N) is 1. The van der Waals surface area contributed by atoms with Gasteiger partial charge in [-0.1, -0.05) is 22.9 Å². The predicted octanol–water partition coefficient (Wildman–Crippen LogP) is 1.55. The lowest BCUT2D eigenvalue weighted by Gasteiger charge is -2.22. The third kappa shape index (κ3) is 4.28. The minimum absolute atomic E-state index is 0.000713. The van der Waals surface area contributed by atoms with Crippen LogP contribution in [0.4, 0.5) is 0 Å². The Labute approximate surface area is 174 Å². The van der Waals surface area contributed by atoms with Gasteiger partial charge in [0.1, 0.15) is 11.8 Å². The zero-order valence-corrected chi connectivity index (χ0v) is 17.3. The summed E-state index contributed by atoms with van der Waals surface area (Å²) in [7, 11) is -2.69. The van der Waals surface area contributed by atoms with E-state index in [1.54, 1.807) is 36.4 Å². The van der Waals surface area contributed by atoms with Crippen LogP contribution in [0.5, 0.6) is 5.75 Å². The lowest BCUT2D eigenvalue weighted by Crippen LogP contribution is -2.43. The zero-order valence-electron chi connectivity index (χ0n) is 16.4. The van der Waals surface area contributed by atoms with Gasteiger partial charge in [-0.2, -0.15) is 0 Å². The Balaban J connectivity index is 1.78. The SMILES string of the molecule is COc1ccc(C(N)=NOC(=O)[C@H]2CCC(=O)N2S(=O)(=O)c2ccc(C)cc2)cc1. The maximum Gasteiger partial charge on any atom is 0.358 e. The fraction of sp³-hybridized carbons (Fsp3) is 0.250. The molecule has 3 rings (SSSR count). The second-order valence-electron chi connectivity index (χ2n) is 6.68. The summed E-state index contributed by atoms with van der Waals surface area (Å²) >= 11 is 0. The third-order valence-corrected chi connectivity index (χ3v) is 6.47. The largest absolute Gasteiger partial charge is 0.497 e. The fourth-order valence-corrected chi connectivity index (χ4v) is 4.56. The average Bonchev–Trinajstić information content (AvgIpc) is 3.14. The highest BCUT2D eigenvalue weighted by Crippen LogP contribution is 2.28. The van der Waals surface area contributed by atoms with E-state index in [9.17, 15) is 18.0 Å². The van der Waals surface area contributed by atoms with Crippen LogP contribution >= 0.6 is 0 Å². The Hall–Kier alpha value is -3.40. The second kappa shape index (κ2) is 8.54. The monoisotopic (exact) mass is 431 g/mol. The molecule has 1 fully saturated rings. The Morgan fingerprint density at radius 2 is 1.77 bits per heavy atom. The van der Waals surface area contributed by atoms with Gasteiger partial charge >= 0.3 is 5.97 Å². The number of aryl methyl sites for hydroxylation is 1. The van der Waals surface area contributed by atoms with Crippen LogP contribution in [0.15, 0.2) is 58.6 Å². The van der Waals surface area contributed by atoms with Crippen LogP contribution < -0.4 is 10.5 Å². The van der Waals surface area contributed by atoms with Crippen molar-refractivity contribution >= 4 is 27.7 Å². The zero-order chi connectivity index (χ0) is 21.9. The molecule has 0 saturated carbocycles. The Morgan fingerprint density at radius 1 is 1.13 bits per heavy atom. The molecule has 0 radical (unpaired) electrons. The molecule has 1 saturated heterocycles. The van der Waals surface area contributed by atoms with E-state index in [2.05, 4.69) is 5.16 Å². The fourth-order valence-electron chi connectivity index (χ4n) is 2.97. The van der Waals surface area contributed by atoms with Crippen LogP contribution in [-0.2, 0) is 24.4 Å². The number of carbonyl (C=O) groups is 2. The number of hydrogen-bond donors (Lipinski definition) is 1. The van der Waals surface area contributed by atoms with Gasteiger partial charge in [0.2, 0.25) is 5.91 Å². The molecule has 158 valence electrons. The Kier molecular flexibility index (Phi) is 6.06. The van der Waals surface area contributed by atoms with Gasteiger partial charge < -0.3 is 15.3 Å². The molecule has 30 heavy (non-hydrogen) atoms. The number of amidine groups is 1. The molecule has 1 aliphatic rings. The maximum atomic E-state index is 12.9. The van der Waals surface area contributed by atoms with Crippen molar-refractivity contribution in [2.75, 3.05) is 7.11 Å². The van der Waals surface area contributed by atoms with E-state index >= 15 is 0 Å². The Bertz CT molecular complexity index is 1080. The van der Waals surface area contributed by atoms with Gasteiger partial charge in [0, 0.05) is 12.0 Å². The third-order valence-electron chi connectivity index (χ3n) is 4.63. The highest BCUT2D eigenvalue weighted by atomic mass is 32.2. The van der Waals surface area contributed by atoms with E-state index in [0.29, 0.717) is 15.6 Å². The van der Waals surface area contributed by atoms with Gasteiger partial charge in [-0.15, -0.1) is 0 Å². The summed E-state index contributed by atoms with van der Waals surface area (Å²) < 4.78 is 31.5. The van der Waals surface area contributed by atoms with E-state index in [1.165, 1.54) is 19.2 Å². The number of carbonyl (C=O) groups excluding carboxylic acids is 2. The molecule has 2 N–H and O–H groups in total. The summed E-state index contributed by atoms with van der Waals surface area (Å²) in [6, 6.07) is 11.3. The summed E-state index contributed by atoms with van der Waals surface area (Å²) in [6.45, 7) is 1.81. The van der Waals surface area contributed by atoms with Crippen LogP contribution in [0, 0.1) is 6.92 Å². The highest BCUT2D eigenvalue weighted by Gasteiger charge is 2.45. The Morgan fingerprint density at radius 3 is 2.37 bits per heavy atom. The first-order valence-electron chi connectivity index (χ1n) is 9.06. The molecule has 0 aliphatic carbocycles. The molecule has 0 bridgehead atoms. The van der Waals surface area contributed by atoms with Crippen LogP contribution in [0.1, 0.15) is 24.0 Å². The molecular weight excluding hydrogens is 410 g/mol. The summed E-state index contributed by atoms with van der Waals surface area (Å²) in [5.41, 5.74) is 7.16. The molecule has 2 aromatic carbocycles. The summed E-state index contributed by atoms with van der Waals surface area (Å²) in [5.74, 6) is -1.12. The van der Waals surface area contributed by atoms with Crippen LogP contribution in [0.2, 0.25) is 0 Å². The summed E-state index contributed by atoms with van der Waals surface area (Å²) in [6.07, 6.45) is -0.0940.